The number of ether oxygens (including phenoxy) is 1. The van der Waals surface area contributed by atoms with Crippen LogP contribution >= 0.6 is 12.4 Å². The first-order valence-corrected chi connectivity index (χ1v) is 1.04. The minimum absolute atomic E-state index is 0. The second-order valence-corrected chi connectivity index (χ2v) is 0.470. The van der Waals surface area contributed by atoms with Gasteiger partial charge in [0.15, 0.2) is 0 Å². The van der Waals surface area contributed by atoms with Crippen molar-refractivity contribution in [2.45, 2.75) is 0 Å². The molecule has 0 unspecified atom stereocenters. The van der Waals surface area contributed by atoms with Gasteiger partial charge >= 0.3 is 6.16 Å². The summed E-state index contributed by atoms with van der Waals surface area (Å²) in [4.78, 5) is 9.15. The first-order chi connectivity index (χ1) is 2.27. The predicted octanol–water partition coefficient (Wildman–Crippen LogP) is 0.733. The van der Waals surface area contributed by atoms with E-state index in [1.165, 1.54) is 0 Å². The number of carboxylic acid groups (broad SMARTS) is 1. The summed E-state index contributed by atoms with van der Waals surface area (Å²) in [7, 11) is 1.10. The molecule has 0 atom stereocenters. The average Bonchev–Trinajstić information content (AvgIpc) is 1.38. The molecular formula is C2H5ClO3. The molecule has 6 heavy (non-hydrogen) atoms. The van der Waals surface area contributed by atoms with E-state index >= 15 is 0 Å². The van der Waals surface area contributed by atoms with Gasteiger partial charge in [0.1, 0.15) is 0 Å². The normalized spacial score (nSPS) is 5.50. The third-order valence-corrected chi connectivity index (χ3v) is 0.175. The third-order valence-electron chi connectivity index (χ3n) is 0.175. The first-order valence-electron chi connectivity index (χ1n) is 1.04. The Balaban J connectivity index is 0. The molecule has 38 valence electrons. The molecule has 0 amide bonds. The molecule has 0 saturated carbocycles. The van der Waals surface area contributed by atoms with Crippen molar-refractivity contribution < 1.29 is 14.6 Å². The lowest BCUT2D eigenvalue weighted by Crippen LogP contribution is -1.91. The highest BCUT2D eigenvalue weighted by Crippen LogP contribution is 1.60. The van der Waals surface area contributed by atoms with E-state index in [1.54, 1.807) is 0 Å². The van der Waals surface area contributed by atoms with Gasteiger partial charge in [-0.1, -0.05) is 0 Å². The van der Waals surface area contributed by atoms with Crippen molar-refractivity contribution in [2.24, 2.45) is 0 Å². The van der Waals surface area contributed by atoms with E-state index in [1.807, 2.05) is 0 Å². The van der Waals surface area contributed by atoms with Crippen LogP contribution in [0.25, 0.3) is 0 Å². The van der Waals surface area contributed by atoms with Gasteiger partial charge in [0, 0.05) is 0 Å². The van der Waals surface area contributed by atoms with Gasteiger partial charge in [-0.3, -0.25) is 0 Å². The zero-order valence-corrected chi connectivity index (χ0v) is 3.99. The molecule has 1 N–H and O–H groups in total. The van der Waals surface area contributed by atoms with Gasteiger partial charge in [0.25, 0.3) is 0 Å². The van der Waals surface area contributed by atoms with Gasteiger partial charge in [0.05, 0.1) is 7.11 Å². The summed E-state index contributed by atoms with van der Waals surface area (Å²) < 4.78 is 3.67. The molecule has 4 heteroatoms. The molecular weight excluding hydrogens is 107 g/mol. The van der Waals surface area contributed by atoms with Gasteiger partial charge in [-0.15, -0.1) is 12.4 Å². The second kappa shape index (κ2) is 4.56. The summed E-state index contributed by atoms with van der Waals surface area (Å²) in [6.45, 7) is 0. The van der Waals surface area contributed by atoms with Crippen molar-refractivity contribution in [3.05, 3.63) is 0 Å². The number of halogens is 1. The van der Waals surface area contributed by atoms with Crippen LogP contribution in [0.3, 0.4) is 0 Å². The van der Waals surface area contributed by atoms with Crippen LogP contribution in [0, 0.1) is 0 Å². The van der Waals surface area contributed by atoms with Crippen LogP contribution in [0.2, 0.25) is 0 Å². The van der Waals surface area contributed by atoms with E-state index in [0.29, 0.717) is 0 Å². The third kappa shape index (κ3) is 9.59. The van der Waals surface area contributed by atoms with Crippen molar-refractivity contribution in [3.8, 4) is 0 Å². The minimum atomic E-state index is -1.25. The Morgan fingerprint density at radius 2 is 2.00 bits per heavy atom. The standard InChI is InChI=1S/C2H4O3.ClH/c1-5-2(3)4;/h1H3,(H,3,4);1H. The zero-order chi connectivity index (χ0) is 4.28. The van der Waals surface area contributed by atoms with Crippen molar-refractivity contribution in [1.82, 2.24) is 0 Å². The van der Waals surface area contributed by atoms with E-state index in [4.69, 9.17) is 9.90 Å². The molecule has 0 bridgehead atoms. The van der Waals surface area contributed by atoms with Crippen molar-refractivity contribution in [2.75, 3.05) is 7.11 Å². The number of hydrogen-bond donors (Lipinski definition) is 1. The molecule has 3 nitrogen and oxygen atoms in total. The molecule has 0 aromatic carbocycles. The molecule has 0 saturated heterocycles. The van der Waals surface area contributed by atoms with Crippen molar-refractivity contribution >= 4 is 18.6 Å². The van der Waals surface area contributed by atoms with Crippen LogP contribution in [-0.4, -0.2) is 18.4 Å². The maximum atomic E-state index is 9.15. The summed E-state index contributed by atoms with van der Waals surface area (Å²) >= 11 is 0. The molecule has 0 fully saturated rings. The predicted molar refractivity (Wildman–Crippen MR) is 22.3 cm³/mol. The summed E-state index contributed by atoms with van der Waals surface area (Å²) in [6, 6.07) is 0. The first kappa shape index (κ1) is 9.12. The van der Waals surface area contributed by atoms with Gasteiger partial charge in [-0.05, 0) is 0 Å². The lowest BCUT2D eigenvalue weighted by atomic mass is 11.4. The molecule has 0 heterocycles. The van der Waals surface area contributed by atoms with E-state index in [9.17, 15) is 0 Å². The molecule has 0 rings (SSSR count). The minimum Gasteiger partial charge on any atom is -0.450 e. The number of hydrogen-bond acceptors (Lipinski definition) is 2. The fourth-order valence-electron chi connectivity index (χ4n) is 0. The molecule has 0 spiro atoms. The average molecular weight is 113 g/mol. The Labute approximate surface area is 41.3 Å². The molecule has 0 radical (unpaired) electrons. The lowest BCUT2D eigenvalue weighted by Gasteiger charge is -1.79. The van der Waals surface area contributed by atoms with Gasteiger partial charge in [0.2, 0.25) is 0 Å². The summed E-state index contributed by atoms with van der Waals surface area (Å²) in [6.07, 6.45) is -1.25. The number of carbonyl (C=O) groups is 1. The second-order valence-electron chi connectivity index (χ2n) is 0.470. The smallest absolute Gasteiger partial charge is 0.450 e. The fourth-order valence-corrected chi connectivity index (χ4v) is 0. The van der Waals surface area contributed by atoms with E-state index in [2.05, 4.69) is 4.74 Å². The largest absolute Gasteiger partial charge is 0.505 e. The van der Waals surface area contributed by atoms with Gasteiger partial charge < -0.3 is 9.84 Å². The highest BCUT2D eigenvalue weighted by Gasteiger charge is 1.80. The molecule has 0 aromatic rings. The van der Waals surface area contributed by atoms with Crippen LogP contribution in [0.4, 0.5) is 4.79 Å². The molecule has 0 aliphatic heterocycles. The van der Waals surface area contributed by atoms with E-state index < -0.39 is 6.16 Å². The quantitative estimate of drug-likeness (QED) is 0.470. The highest BCUT2D eigenvalue weighted by molar-refractivity contribution is 5.85. The van der Waals surface area contributed by atoms with Crippen LogP contribution in [-0.2, 0) is 4.74 Å². The number of rotatable bonds is 0. The maximum absolute atomic E-state index is 9.15. The molecule has 0 aliphatic rings. The highest BCUT2D eigenvalue weighted by atomic mass is 35.5. The Morgan fingerprint density at radius 1 is 1.83 bits per heavy atom. The topological polar surface area (TPSA) is 46.5 Å². The Hall–Kier alpha value is -0.440. The lowest BCUT2D eigenvalue weighted by molar-refractivity contribution is 0.114. The van der Waals surface area contributed by atoms with Crippen LogP contribution < -0.4 is 0 Å². The van der Waals surface area contributed by atoms with E-state index in [0.717, 1.165) is 7.11 Å². The Bertz CT molecular complexity index is 44.1. The maximum Gasteiger partial charge on any atom is 0.505 e. The molecule has 0 aliphatic carbocycles. The van der Waals surface area contributed by atoms with Gasteiger partial charge in [-0.25, -0.2) is 4.79 Å². The summed E-state index contributed by atoms with van der Waals surface area (Å²) in [5, 5.41) is 7.50. The van der Waals surface area contributed by atoms with E-state index in [-0.39, 0.29) is 12.4 Å². The summed E-state index contributed by atoms with van der Waals surface area (Å²) in [5.74, 6) is 0. The van der Waals surface area contributed by atoms with Crippen molar-refractivity contribution in [3.63, 3.8) is 0 Å². The molecule has 0 aromatic heterocycles. The fraction of sp³-hybridized carbons (Fsp3) is 0.500. The monoisotopic (exact) mass is 112 g/mol. The van der Waals surface area contributed by atoms with Crippen LogP contribution in [0.1, 0.15) is 0 Å². The van der Waals surface area contributed by atoms with Crippen molar-refractivity contribution in [1.29, 1.82) is 0 Å². The summed E-state index contributed by atoms with van der Waals surface area (Å²) in [5.41, 5.74) is 0. The Kier molecular flexibility index (Phi) is 6.93. The zero-order valence-electron chi connectivity index (χ0n) is 3.17. The SMILES string of the molecule is COC(=O)O.Cl. The number of methoxy groups -OCH3 is 1. The Morgan fingerprint density at radius 3 is 2.00 bits per heavy atom. The van der Waals surface area contributed by atoms with Gasteiger partial charge in [-0.2, -0.15) is 0 Å². The van der Waals surface area contributed by atoms with Crippen LogP contribution in [0.15, 0.2) is 0 Å². The van der Waals surface area contributed by atoms with Crippen LogP contribution in [0.5, 0.6) is 0 Å².